The Balaban J connectivity index is 1.49. The van der Waals surface area contributed by atoms with Crippen molar-refractivity contribution in [1.82, 2.24) is 14.5 Å². The van der Waals surface area contributed by atoms with Crippen LogP contribution in [0.2, 0.25) is 0 Å². The molecule has 2 aromatic carbocycles. The summed E-state index contributed by atoms with van der Waals surface area (Å²) in [7, 11) is 1.55. The summed E-state index contributed by atoms with van der Waals surface area (Å²) in [6.07, 6.45) is 4.69. The van der Waals surface area contributed by atoms with E-state index in [-0.39, 0.29) is 24.5 Å². The minimum absolute atomic E-state index is 0.0135. The standard InChI is InChI=1S/C26H24F3N3O4/c1-14-10-31(13-30-14)20-5-4-16(6-23(20)34-3)7-24-26(33)32-21(15(2)36-24)11-35-12-22(32)17-8-18(27)25(29)19(28)9-17/h4-10,13,15,21-22H,11-12H2,1-3H3/t15?,21-,22?/m1/s1. The first kappa shape index (κ1) is 23.9. The molecular formula is C26H24F3N3O4. The van der Waals surface area contributed by atoms with Gasteiger partial charge in [0.25, 0.3) is 5.91 Å². The maximum Gasteiger partial charge on any atom is 0.290 e. The topological polar surface area (TPSA) is 65.8 Å². The van der Waals surface area contributed by atoms with Crippen LogP contribution in [-0.4, -0.2) is 52.8 Å². The molecule has 3 heterocycles. The van der Waals surface area contributed by atoms with Gasteiger partial charge in [-0.2, -0.15) is 0 Å². The molecule has 0 saturated carbocycles. The number of benzene rings is 2. The van der Waals surface area contributed by atoms with E-state index in [0.717, 1.165) is 23.5 Å². The monoisotopic (exact) mass is 499 g/mol. The van der Waals surface area contributed by atoms with Crippen LogP contribution in [0.15, 0.2) is 48.6 Å². The van der Waals surface area contributed by atoms with Crippen molar-refractivity contribution in [3.05, 3.63) is 82.9 Å². The maximum absolute atomic E-state index is 14.0. The Kier molecular flexibility index (Phi) is 6.21. The minimum atomic E-state index is -1.56. The number of imidazole rings is 1. The largest absolute Gasteiger partial charge is 0.495 e. The molecule has 0 aliphatic carbocycles. The molecule has 2 saturated heterocycles. The van der Waals surface area contributed by atoms with Crippen LogP contribution in [0.1, 0.15) is 29.8 Å². The van der Waals surface area contributed by atoms with Gasteiger partial charge in [-0.1, -0.05) is 6.07 Å². The first-order valence-electron chi connectivity index (χ1n) is 11.4. The van der Waals surface area contributed by atoms with E-state index in [1.807, 2.05) is 29.8 Å². The lowest BCUT2D eigenvalue weighted by atomic mass is 9.97. The van der Waals surface area contributed by atoms with Gasteiger partial charge < -0.3 is 23.7 Å². The Bertz CT molecular complexity index is 1330. The number of ether oxygens (including phenoxy) is 3. The molecule has 2 unspecified atom stereocenters. The second-order valence-electron chi connectivity index (χ2n) is 8.82. The summed E-state index contributed by atoms with van der Waals surface area (Å²) in [5.74, 6) is -4.02. The lowest BCUT2D eigenvalue weighted by molar-refractivity contribution is -0.166. The molecule has 0 bridgehead atoms. The smallest absolute Gasteiger partial charge is 0.290 e. The summed E-state index contributed by atoms with van der Waals surface area (Å²) >= 11 is 0. The average molecular weight is 499 g/mol. The highest BCUT2D eigenvalue weighted by Crippen LogP contribution is 2.36. The lowest BCUT2D eigenvalue weighted by Crippen LogP contribution is -2.59. The van der Waals surface area contributed by atoms with Crippen molar-refractivity contribution >= 4 is 12.0 Å². The fraction of sp³-hybridized carbons (Fsp3) is 0.308. The molecular weight excluding hydrogens is 475 g/mol. The Hall–Kier alpha value is -3.79. The number of fused-ring (bicyclic) bond motifs is 1. The Morgan fingerprint density at radius 1 is 1.14 bits per heavy atom. The Morgan fingerprint density at radius 2 is 1.89 bits per heavy atom. The van der Waals surface area contributed by atoms with Gasteiger partial charge in [0, 0.05) is 6.20 Å². The van der Waals surface area contributed by atoms with Gasteiger partial charge in [-0.05, 0) is 55.3 Å². The van der Waals surface area contributed by atoms with Gasteiger partial charge in [0.05, 0.1) is 50.1 Å². The van der Waals surface area contributed by atoms with E-state index >= 15 is 0 Å². The normalized spacial score (nSPS) is 22.9. The van der Waals surface area contributed by atoms with Crippen LogP contribution in [-0.2, 0) is 14.3 Å². The Morgan fingerprint density at radius 3 is 2.56 bits per heavy atom. The summed E-state index contributed by atoms with van der Waals surface area (Å²) in [6.45, 7) is 3.89. The summed E-state index contributed by atoms with van der Waals surface area (Å²) < 4.78 is 60.4. The predicted molar refractivity (Wildman–Crippen MR) is 124 cm³/mol. The molecule has 5 rings (SSSR count). The molecule has 0 N–H and O–H groups in total. The van der Waals surface area contributed by atoms with Crippen LogP contribution in [0.25, 0.3) is 11.8 Å². The zero-order valence-electron chi connectivity index (χ0n) is 19.9. The number of hydrogen-bond donors (Lipinski definition) is 0. The molecule has 1 amide bonds. The highest BCUT2D eigenvalue weighted by molar-refractivity contribution is 5.97. The van der Waals surface area contributed by atoms with Crippen molar-refractivity contribution in [2.45, 2.75) is 32.0 Å². The van der Waals surface area contributed by atoms with Crippen LogP contribution in [0, 0.1) is 24.4 Å². The van der Waals surface area contributed by atoms with Crippen molar-refractivity contribution in [1.29, 1.82) is 0 Å². The summed E-state index contributed by atoms with van der Waals surface area (Å²) in [6, 6.07) is 5.93. The van der Waals surface area contributed by atoms with Crippen molar-refractivity contribution in [2.75, 3.05) is 20.3 Å². The zero-order valence-corrected chi connectivity index (χ0v) is 19.9. The highest BCUT2D eigenvalue weighted by atomic mass is 19.2. The number of morpholine rings is 2. The molecule has 3 atom stereocenters. The van der Waals surface area contributed by atoms with Crippen LogP contribution in [0.5, 0.6) is 5.75 Å². The van der Waals surface area contributed by atoms with Gasteiger partial charge in [-0.25, -0.2) is 18.2 Å². The van der Waals surface area contributed by atoms with E-state index in [9.17, 15) is 18.0 Å². The van der Waals surface area contributed by atoms with Crippen LogP contribution in [0.3, 0.4) is 0 Å². The molecule has 188 valence electrons. The van der Waals surface area contributed by atoms with Gasteiger partial charge >= 0.3 is 0 Å². The van der Waals surface area contributed by atoms with E-state index < -0.39 is 41.5 Å². The summed E-state index contributed by atoms with van der Waals surface area (Å²) in [4.78, 5) is 19.3. The number of amides is 1. The minimum Gasteiger partial charge on any atom is -0.495 e. The quantitative estimate of drug-likeness (QED) is 0.395. The van der Waals surface area contributed by atoms with Gasteiger partial charge in [0.2, 0.25) is 0 Å². The third-order valence-corrected chi connectivity index (χ3v) is 6.44. The van der Waals surface area contributed by atoms with Crippen LogP contribution >= 0.6 is 0 Å². The number of nitrogens with zero attached hydrogens (tertiary/aromatic N) is 3. The molecule has 10 heteroatoms. The molecule has 2 aliphatic rings. The number of carbonyl (C=O) groups is 1. The van der Waals surface area contributed by atoms with Gasteiger partial charge in [0.1, 0.15) is 11.9 Å². The molecule has 0 radical (unpaired) electrons. The molecule has 3 aromatic rings. The average Bonchev–Trinajstić information content (AvgIpc) is 3.30. The molecule has 0 spiro atoms. The third-order valence-electron chi connectivity index (χ3n) is 6.44. The number of hydrogen-bond acceptors (Lipinski definition) is 5. The maximum atomic E-state index is 14.0. The fourth-order valence-electron chi connectivity index (χ4n) is 4.62. The highest BCUT2D eigenvalue weighted by Gasteiger charge is 2.45. The summed E-state index contributed by atoms with van der Waals surface area (Å²) in [5.41, 5.74) is 2.40. The van der Waals surface area contributed by atoms with Crippen molar-refractivity contribution in [2.24, 2.45) is 0 Å². The molecule has 2 fully saturated rings. The van der Waals surface area contributed by atoms with E-state index in [1.165, 1.54) is 4.90 Å². The molecule has 2 aliphatic heterocycles. The van der Waals surface area contributed by atoms with Crippen LogP contribution in [0.4, 0.5) is 13.2 Å². The molecule has 1 aromatic heterocycles. The first-order chi connectivity index (χ1) is 17.3. The lowest BCUT2D eigenvalue weighted by Gasteiger charge is -2.47. The number of methoxy groups -OCH3 is 1. The summed E-state index contributed by atoms with van der Waals surface area (Å²) in [5, 5.41) is 0. The zero-order chi connectivity index (χ0) is 25.6. The van der Waals surface area contributed by atoms with Gasteiger partial charge in [-0.15, -0.1) is 0 Å². The van der Waals surface area contributed by atoms with Crippen molar-refractivity contribution in [3.63, 3.8) is 0 Å². The Labute approximate surface area is 205 Å². The number of carbonyl (C=O) groups excluding carboxylic acids is 1. The number of rotatable bonds is 4. The van der Waals surface area contributed by atoms with E-state index in [0.29, 0.717) is 11.3 Å². The van der Waals surface area contributed by atoms with E-state index in [4.69, 9.17) is 14.2 Å². The van der Waals surface area contributed by atoms with Crippen molar-refractivity contribution < 1.29 is 32.2 Å². The van der Waals surface area contributed by atoms with E-state index in [2.05, 4.69) is 4.98 Å². The SMILES string of the molecule is COc1cc(C=C2OC(C)[C@H]3COCC(c4cc(F)c(F)c(F)c4)N3C2=O)ccc1-n1cnc(C)c1. The predicted octanol–water partition coefficient (Wildman–Crippen LogP) is 4.33. The second kappa shape index (κ2) is 9.34. The fourth-order valence-corrected chi connectivity index (χ4v) is 4.62. The van der Waals surface area contributed by atoms with Gasteiger partial charge in [-0.3, -0.25) is 4.79 Å². The van der Waals surface area contributed by atoms with Crippen LogP contribution < -0.4 is 4.74 Å². The molecule has 7 nitrogen and oxygen atoms in total. The number of aryl methyl sites for hydroxylation is 1. The first-order valence-corrected chi connectivity index (χ1v) is 11.4. The second-order valence-corrected chi connectivity index (χ2v) is 8.82. The van der Waals surface area contributed by atoms with E-state index in [1.54, 1.807) is 32.5 Å². The number of halogens is 3. The van der Waals surface area contributed by atoms with Gasteiger partial charge in [0.15, 0.2) is 23.2 Å². The third kappa shape index (κ3) is 4.21. The number of aromatic nitrogens is 2. The van der Waals surface area contributed by atoms with Crippen molar-refractivity contribution in [3.8, 4) is 11.4 Å². The molecule has 36 heavy (non-hydrogen) atoms.